The number of fused-ring (bicyclic) bond motifs is 1. The standard InChI is InChI=1S/C9H12N6O3.H2O/c1-13-4-11-7-6(13)8(17)15(3-5(16)12-10)9(18)14(7)2;/h4,6H,3,10H2,1-2H3;1H2/p+1. The molecule has 0 spiro atoms. The lowest BCUT2D eigenvalue weighted by Crippen LogP contribution is -2.63. The summed E-state index contributed by atoms with van der Waals surface area (Å²) in [6.45, 7) is -0.407. The van der Waals surface area contributed by atoms with Gasteiger partial charge in [-0.15, -0.1) is 0 Å². The lowest BCUT2D eigenvalue weighted by atomic mass is 10.1. The number of nitrogens with zero attached hydrogens (tertiary/aromatic N) is 4. The lowest BCUT2D eigenvalue weighted by molar-refractivity contribution is -0.500. The van der Waals surface area contributed by atoms with E-state index in [0.29, 0.717) is 5.84 Å². The number of rotatable bonds is 2. The number of imide groups is 1. The monoisotopic (exact) mass is 271 g/mol. The molecule has 19 heavy (non-hydrogen) atoms. The van der Waals surface area contributed by atoms with Crippen molar-refractivity contribution >= 4 is 30.0 Å². The van der Waals surface area contributed by atoms with Gasteiger partial charge in [0.15, 0.2) is 0 Å². The Kier molecular flexibility index (Phi) is 3.97. The quantitative estimate of drug-likeness (QED) is 0.232. The van der Waals surface area contributed by atoms with Gasteiger partial charge in [0.25, 0.3) is 30.0 Å². The highest BCUT2D eigenvalue weighted by atomic mass is 16.2. The van der Waals surface area contributed by atoms with E-state index in [-0.39, 0.29) is 5.48 Å². The van der Waals surface area contributed by atoms with E-state index in [4.69, 9.17) is 5.84 Å². The van der Waals surface area contributed by atoms with Crippen LogP contribution in [0.2, 0.25) is 0 Å². The molecule has 10 nitrogen and oxygen atoms in total. The highest BCUT2D eigenvalue weighted by Crippen LogP contribution is 2.16. The minimum Gasteiger partial charge on any atom is -0.412 e. The van der Waals surface area contributed by atoms with E-state index in [1.165, 1.54) is 18.3 Å². The highest BCUT2D eigenvalue weighted by Gasteiger charge is 2.51. The number of amides is 4. The van der Waals surface area contributed by atoms with Gasteiger partial charge in [0.05, 0.1) is 7.05 Å². The van der Waals surface area contributed by atoms with Gasteiger partial charge in [-0.3, -0.25) is 24.8 Å². The fourth-order valence-corrected chi connectivity index (χ4v) is 1.88. The SMILES string of the molecule is CN1C(=O)N(CC(=O)NN)C(=O)C2C1=NC=[N+]2C.O. The van der Waals surface area contributed by atoms with Crippen LogP contribution >= 0.6 is 0 Å². The molecule has 1 unspecified atom stereocenters. The minimum absolute atomic E-state index is 0. The molecular weight excluding hydrogens is 256 g/mol. The molecule has 10 heteroatoms. The number of nitrogens with two attached hydrogens (primary N) is 1. The van der Waals surface area contributed by atoms with E-state index in [1.807, 2.05) is 5.43 Å². The molecule has 5 N–H and O–H groups in total. The van der Waals surface area contributed by atoms with Crippen molar-refractivity contribution in [3.05, 3.63) is 0 Å². The Bertz CT molecular complexity index is 499. The number of aliphatic imine (C=N–C) groups is 1. The summed E-state index contributed by atoms with van der Waals surface area (Å²) in [5.41, 5.74) is 1.88. The number of hydrogen-bond donors (Lipinski definition) is 2. The third-order valence-corrected chi connectivity index (χ3v) is 2.85. The van der Waals surface area contributed by atoms with Crippen molar-refractivity contribution in [1.29, 1.82) is 0 Å². The summed E-state index contributed by atoms with van der Waals surface area (Å²) in [5, 5.41) is 0. The predicted molar refractivity (Wildman–Crippen MR) is 64.3 cm³/mol. The van der Waals surface area contributed by atoms with E-state index in [0.717, 1.165) is 4.90 Å². The van der Waals surface area contributed by atoms with E-state index < -0.39 is 30.4 Å². The number of carbonyl (C=O) groups excluding carboxylic acids is 3. The van der Waals surface area contributed by atoms with E-state index in [1.54, 1.807) is 11.6 Å². The van der Waals surface area contributed by atoms with Crippen LogP contribution in [-0.4, -0.2) is 76.6 Å². The molecule has 2 rings (SSSR count). The summed E-state index contributed by atoms with van der Waals surface area (Å²) < 4.78 is 1.58. The first-order valence-corrected chi connectivity index (χ1v) is 5.19. The molecule has 0 aromatic heterocycles. The molecule has 0 aromatic rings. The molecule has 2 aliphatic rings. The minimum atomic E-state index is -0.668. The first-order chi connectivity index (χ1) is 8.47. The van der Waals surface area contributed by atoms with Crippen molar-refractivity contribution in [2.45, 2.75) is 6.04 Å². The number of nitrogens with one attached hydrogen (secondary N) is 1. The Hall–Kier alpha value is -2.33. The van der Waals surface area contributed by atoms with Crippen molar-refractivity contribution in [1.82, 2.24) is 15.2 Å². The van der Waals surface area contributed by atoms with Crippen LogP contribution in [0, 0.1) is 0 Å². The molecule has 104 valence electrons. The molecule has 0 aromatic carbocycles. The van der Waals surface area contributed by atoms with E-state index >= 15 is 0 Å². The molecule has 0 bridgehead atoms. The van der Waals surface area contributed by atoms with Crippen molar-refractivity contribution in [3.8, 4) is 0 Å². The van der Waals surface area contributed by atoms with Gasteiger partial charge in [-0.2, -0.15) is 0 Å². The summed E-state index contributed by atoms with van der Waals surface area (Å²) in [6, 6.07) is -1.26. The Balaban J connectivity index is 0.00000180. The molecule has 1 atom stereocenters. The number of amidine groups is 1. The van der Waals surface area contributed by atoms with Crippen LogP contribution in [0.5, 0.6) is 0 Å². The molecule has 2 heterocycles. The Morgan fingerprint density at radius 3 is 2.79 bits per heavy atom. The summed E-state index contributed by atoms with van der Waals surface area (Å²) in [7, 11) is 3.17. The third kappa shape index (κ3) is 2.18. The fourth-order valence-electron chi connectivity index (χ4n) is 1.88. The maximum atomic E-state index is 12.1. The van der Waals surface area contributed by atoms with Crippen LogP contribution in [0.15, 0.2) is 4.99 Å². The van der Waals surface area contributed by atoms with Gasteiger partial charge >= 0.3 is 6.03 Å². The van der Waals surface area contributed by atoms with Gasteiger partial charge in [0, 0.05) is 7.05 Å². The van der Waals surface area contributed by atoms with E-state index in [9.17, 15) is 14.4 Å². The van der Waals surface area contributed by atoms with Crippen LogP contribution in [0.1, 0.15) is 0 Å². The van der Waals surface area contributed by atoms with Crippen molar-refractivity contribution < 1.29 is 24.4 Å². The molecule has 1 saturated heterocycles. The zero-order valence-corrected chi connectivity index (χ0v) is 10.5. The maximum absolute atomic E-state index is 12.1. The topological polar surface area (TPSA) is 143 Å². The predicted octanol–water partition coefficient (Wildman–Crippen LogP) is -3.50. The first-order valence-electron chi connectivity index (χ1n) is 5.19. The second kappa shape index (κ2) is 5.12. The second-order valence-electron chi connectivity index (χ2n) is 4.00. The number of likely N-dealkylation sites (N-methyl/N-ethyl adjacent to an activating group) is 2. The molecule has 4 amide bonds. The Morgan fingerprint density at radius 1 is 1.58 bits per heavy atom. The number of urea groups is 1. The van der Waals surface area contributed by atoms with E-state index in [2.05, 4.69) is 4.99 Å². The summed E-state index contributed by atoms with van der Waals surface area (Å²) in [6.07, 6.45) is 1.47. The zero-order valence-electron chi connectivity index (χ0n) is 10.5. The van der Waals surface area contributed by atoms with Gasteiger partial charge < -0.3 is 5.48 Å². The van der Waals surface area contributed by atoms with Crippen molar-refractivity contribution in [3.63, 3.8) is 0 Å². The highest BCUT2D eigenvalue weighted by molar-refractivity contribution is 6.22. The fraction of sp³-hybridized carbons (Fsp3) is 0.444. The number of carbonyl (C=O) groups is 3. The first kappa shape index (κ1) is 14.7. The van der Waals surface area contributed by atoms with Gasteiger partial charge in [-0.25, -0.2) is 15.2 Å². The lowest BCUT2D eigenvalue weighted by Gasteiger charge is -2.32. The van der Waals surface area contributed by atoms with Gasteiger partial charge in [0.1, 0.15) is 6.54 Å². The van der Waals surface area contributed by atoms with Gasteiger partial charge in [-0.05, 0) is 4.99 Å². The largest absolute Gasteiger partial charge is 0.412 e. The summed E-state index contributed by atoms with van der Waals surface area (Å²) in [4.78, 5) is 41.4. The van der Waals surface area contributed by atoms with Crippen LogP contribution in [-0.2, 0) is 9.59 Å². The smallest absolute Gasteiger partial charge is 0.334 e. The van der Waals surface area contributed by atoms with Crippen molar-refractivity contribution in [2.75, 3.05) is 20.6 Å². The van der Waals surface area contributed by atoms with Crippen LogP contribution in [0.3, 0.4) is 0 Å². The van der Waals surface area contributed by atoms with Crippen LogP contribution < -0.4 is 11.3 Å². The average Bonchev–Trinajstić information content (AvgIpc) is 2.74. The third-order valence-electron chi connectivity index (χ3n) is 2.85. The van der Waals surface area contributed by atoms with Crippen LogP contribution in [0.25, 0.3) is 0 Å². The maximum Gasteiger partial charge on any atom is 0.334 e. The average molecular weight is 271 g/mol. The molecule has 0 radical (unpaired) electrons. The molecule has 2 aliphatic heterocycles. The molecule has 0 aliphatic carbocycles. The second-order valence-corrected chi connectivity index (χ2v) is 4.00. The summed E-state index contributed by atoms with van der Waals surface area (Å²) in [5.74, 6) is 4.20. The van der Waals surface area contributed by atoms with Crippen LogP contribution in [0.4, 0.5) is 4.79 Å². The molecular formula is C9H15N6O4+. The Morgan fingerprint density at radius 2 is 2.21 bits per heavy atom. The zero-order chi connectivity index (χ0) is 13.4. The molecule has 0 saturated carbocycles. The number of hydrazine groups is 1. The molecule has 1 fully saturated rings. The van der Waals surface area contributed by atoms with Crippen molar-refractivity contribution in [2.24, 2.45) is 10.8 Å². The van der Waals surface area contributed by atoms with Gasteiger partial charge in [-0.1, -0.05) is 0 Å². The Labute approximate surface area is 108 Å². The van der Waals surface area contributed by atoms with Gasteiger partial charge in [0.2, 0.25) is 0 Å². The summed E-state index contributed by atoms with van der Waals surface area (Å²) >= 11 is 0. The normalized spacial score (nSPS) is 21.5. The number of hydrogen-bond acceptors (Lipinski definition) is 5.